The lowest BCUT2D eigenvalue weighted by Crippen LogP contribution is -2.04. The number of carbonyl (C=O) groups is 1. The topological polar surface area (TPSA) is 75.3 Å². The molecule has 0 radical (unpaired) electrons. The van der Waals surface area contributed by atoms with Crippen molar-refractivity contribution in [1.29, 1.82) is 0 Å². The number of anilines is 3. The summed E-state index contributed by atoms with van der Waals surface area (Å²) in [4.78, 5) is 11.2. The molecule has 0 amide bonds. The van der Waals surface area contributed by atoms with Crippen LogP contribution < -0.4 is 11.1 Å². The molecule has 2 aromatic rings. The van der Waals surface area contributed by atoms with Crippen LogP contribution in [0.5, 0.6) is 0 Å². The molecule has 4 N–H and O–H groups in total. The number of carboxylic acids is 1. The first-order valence-electron chi connectivity index (χ1n) is 5.33. The highest BCUT2D eigenvalue weighted by Gasteiger charge is 2.12. The van der Waals surface area contributed by atoms with Crippen molar-refractivity contribution in [3.05, 3.63) is 51.5 Å². The van der Waals surface area contributed by atoms with E-state index in [1.165, 1.54) is 6.07 Å². The van der Waals surface area contributed by atoms with Crippen molar-refractivity contribution in [3.8, 4) is 0 Å². The first-order valence-corrected chi connectivity index (χ1v) is 6.50. The Morgan fingerprint density at radius 2 is 2.00 bits per heavy atom. The fraction of sp³-hybridized carbons (Fsp3) is 0. The van der Waals surface area contributed by atoms with Crippen molar-refractivity contribution < 1.29 is 9.90 Å². The summed E-state index contributed by atoms with van der Waals surface area (Å²) in [5.74, 6) is -1.05. The van der Waals surface area contributed by atoms with Crippen LogP contribution in [0.4, 0.5) is 17.1 Å². The number of nitrogens with two attached hydrogens (primary N) is 1. The second-order valence-electron chi connectivity index (χ2n) is 3.84. The van der Waals surface area contributed by atoms with Gasteiger partial charge in [0.2, 0.25) is 0 Å². The lowest BCUT2D eigenvalue weighted by Gasteiger charge is -2.12. The molecule has 0 aliphatic carbocycles. The van der Waals surface area contributed by atoms with E-state index in [0.29, 0.717) is 26.6 Å². The molecule has 0 saturated carbocycles. The molecule has 0 heterocycles. The highest BCUT2D eigenvalue weighted by atomic mass is 79.9. The van der Waals surface area contributed by atoms with E-state index in [0.717, 1.165) is 0 Å². The molecule has 0 saturated heterocycles. The third-order valence-electron chi connectivity index (χ3n) is 2.49. The summed E-state index contributed by atoms with van der Waals surface area (Å²) in [6, 6.07) is 9.95. The summed E-state index contributed by atoms with van der Waals surface area (Å²) in [6.07, 6.45) is 0. The van der Waals surface area contributed by atoms with Gasteiger partial charge in [0, 0.05) is 5.69 Å². The van der Waals surface area contributed by atoms with E-state index in [4.69, 9.17) is 22.4 Å². The monoisotopic (exact) mass is 340 g/mol. The second kappa shape index (κ2) is 5.50. The van der Waals surface area contributed by atoms with Gasteiger partial charge in [-0.15, -0.1) is 0 Å². The maximum absolute atomic E-state index is 11.2. The Hall–Kier alpha value is -1.72. The maximum Gasteiger partial charge on any atom is 0.337 e. The zero-order valence-corrected chi connectivity index (χ0v) is 12.0. The van der Waals surface area contributed by atoms with Crippen LogP contribution in [0.3, 0.4) is 0 Å². The molecule has 0 fully saturated rings. The van der Waals surface area contributed by atoms with Crippen LogP contribution in [-0.2, 0) is 0 Å². The van der Waals surface area contributed by atoms with E-state index in [-0.39, 0.29) is 5.56 Å². The van der Waals surface area contributed by atoms with Gasteiger partial charge in [-0.05, 0) is 46.3 Å². The van der Waals surface area contributed by atoms with Gasteiger partial charge in [0.25, 0.3) is 0 Å². The van der Waals surface area contributed by atoms with Crippen LogP contribution in [0.2, 0.25) is 5.02 Å². The summed E-state index contributed by atoms with van der Waals surface area (Å²) >= 11 is 9.33. The van der Waals surface area contributed by atoms with E-state index in [1.807, 2.05) is 0 Å². The van der Waals surface area contributed by atoms with Crippen LogP contribution in [0.15, 0.2) is 40.9 Å². The Labute approximate surface area is 123 Å². The van der Waals surface area contributed by atoms with Gasteiger partial charge in [0.1, 0.15) is 0 Å². The van der Waals surface area contributed by atoms with E-state index < -0.39 is 5.97 Å². The fourth-order valence-corrected chi connectivity index (χ4v) is 2.13. The van der Waals surface area contributed by atoms with E-state index >= 15 is 0 Å². The second-order valence-corrected chi connectivity index (χ2v) is 5.04. The van der Waals surface area contributed by atoms with Crippen LogP contribution in [0.25, 0.3) is 0 Å². The molecule has 4 nitrogen and oxygen atoms in total. The molecule has 19 heavy (non-hydrogen) atoms. The largest absolute Gasteiger partial charge is 0.478 e. The molecule has 0 aliphatic heterocycles. The molecular formula is C13H10BrClN2O2. The third kappa shape index (κ3) is 3.00. The van der Waals surface area contributed by atoms with Crippen molar-refractivity contribution in [2.45, 2.75) is 0 Å². The highest BCUT2D eigenvalue weighted by Crippen LogP contribution is 2.33. The molecule has 6 heteroatoms. The molecule has 0 unspecified atom stereocenters. The van der Waals surface area contributed by atoms with Gasteiger partial charge in [-0.25, -0.2) is 4.79 Å². The maximum atomic E-state index is 11.2. The summed E-state index contributed by atoms with van der Waals surface area (Å²) in [5.41, 5.74) is 7.22. The smallest absolute Gasteiger partial charge is 0.337 e. The predicted octanol–water partition coefficient (Wildman–Crippen LogP) is 4.13. The number of nitrogens with one attached hydrogen (secondary N) is 1. The first kappa shape index (κ1) is 13.7. The van der Waals surface area contributed by atoms with Gasteiger partial charge < -0.3 is 16.2 Å². The number of aromatic carboxylic acids is 1. The minimum Gasteiger partial charge on any atom is -0.478 e. The van der Waals surface area contributed by atoms with Crippen molar-refractivity contribution >= 4 is 50.6 Å². The lowest BCUT2D eigenvalue weighted by molar-refractivity contribution is 0.0698. The van der Waals surface area contributed by atoms with Gasteiger partial charge in [-0.3, -0.25) is 0 Å². The number of halogens is 2. The van der Waals surface area contributed by atoms with Crippen LogP contribution in [0, 0.1) is 0 Å². The van der Waals surface area contributed by atoms with Crippen molar-refractivity contribution in [1.82, 2.24) is 0 Å². The Balaban J connectivity index is 2.44. The molecule has 0 atom stereocenters. The molecule has 0 aliphatic rings. The van der Waals surface area contributed by atoms with E-state index in [1.54, 1.807) is 30.3 Å². The van der Waals surface area contributed by atoms with E-state index in [9.17, 15) is 4.79 Å². The number of rotatable bonds is 3. The standard InChI is InChI=1S/C13H10BrClN2O2/c14-12-9(15)2-1-3-11(12)17-10-5-4-7(16)6-8(10)13(18)19/h1-6,17H,16H2,(H,18,19). The average molecular weight is 342 g/mol. The van der Waals surface area contributed by atoms with Gasteiger partial charge in [-0.2, -0.15) is 0 Å². The van der Waals surface area contributed by atoms with Crippen molar-refractivity contribution in [2.24, 2.45) is 0 Å². The molecule has 2 rings (SSSR count). The zero-order valence-electron chi connectivity index (χ0n) is 9.65. The number of hydrogen-bond donors (Lipinski definition) is 3. The van der Waals surface area contributed by atoms with Crippen LogP contribution >= 0.6 is 27.5 Å². The van der Waals surface area contributed by atoms with Crippen molar-refractivity contribution in [2.75, 3.05) is 11.1 Å². The number of nitrogen functional groups attached to an aromatic ring is 1. The number of benzene rings is 2. The van der Waals surface area contributed by atoms with Crippen LogP contribution in [-0.4, -0.2) is 11.1 Å². The Kier molecular flexibility index (Phi) is 3.97. The molecule has 98 valence electrons. The summed E-state index contributed by atoms with van der Waals surface area (Å²) in [6.45, 7) is 0. The molecule has 0 bridgehead atoms. The third-order valence-corrected chi connectivity index (χ3v) is 3.89. The molecule has 0 aromatic heterocycles. The van der Waals surface area contributed by atoms with Gasteiger partial charge in [0.05, 0.1) is 26.4 Å². The predicted molar refractivity (Wildman–Crippen MR) is 80.2 cm³/mol. The minimum absolute atomic E-state index is 0.104. The first-order chi connectivity index (χ1) is 8.99. The fourth-order valence-electron chi connectivity index (χ4n) is 1.59. The van der Waals surface area contributed by atoms with Gasteiger partial charge in [-0.1, -0.05) is 17.7 Å². The summed E-state index contributed by atoms with van der Waals surface area (Å²) < 4.78 is 0.671. The van der Waals surface area contributed by atoms with Gasteiger partial charge >= 0.3 is 5.97 Å². The molecule has 0 spiro atoms. The van der Waals surface area contributed by atoms with E-state index in [2.05, 4.69) is 21.2 Å². The number of carboxylic acid groups (broad SMARTS) is 1. The average Bonchev–Trinajstić information content (AvgIpc) is 2.36. The molecular weight excluding hydrogens is 332 g/mol. The zero-order chi connectivity index (χ0) is 14.0. The normalized spacial score (nSPS) is 10.2. The minimum atomic E-state index is -1.05. The Morgan fingerprint density at radius 3 is 2.68 bits per heavy atom. The molecule has 2 aromatic carbocycles. The van der Waals surface area contributed by atoms with Gasteiger partial charge in [0.15, 0.2) is 0 Å². The quantitative estimate of drug-likeness (QED) is 0.734. The SMILES string of the molecule is Nc1ccc(Nc2cccc(Cl)c2Br)c(C(=O)O)c1. The Bertz CT molecular complexity index is 647. The summed E-state index contributed by atoms with van der Waals surface area (Å²) in [7, 11) is 0. The highest BCUT2D eigenvalue weighted by molar-refractivity contribution is 9.10. The number of hydrogen-bond acceptors (Lipinski definition) is 3. The van der Waals surface area contributed by atoms with Crippen LogP contribution in [0.1, 0.15) is 10.4 Å². The van der Waals surface area contributed by atoms with Crippen molar-refractivity contribution in [3.63, 3.8) is 0 Å². The lowest BCUT2D eigenvalue weighted by atomic mass is 10.1. The Morgan fingerprint density at radius 1 is 1.26 bits per heavy atom. The summed E-state index contributed by atoms with van der Waals surface area (Å²) in [5, 5.41) is 12.7.